The number of carbonyl (C=O) groups is 3. The lowest BCUT2D eigenvalue weighted by Gasteiger charge is -2.08. The third-order valence-electron chi connectivity index (χ3n) is 5.01. The van der Waals surface area contributed by atoms with Crippen molar-refractivity contribution in [1.29, 1.82) is 0 Å². The first-order chi connectivity index (χ1) is 18.5. The van der Waals surface area contributed by atoms with E-state index in [1.54, 1.807) is 48.5 Å². The number of nitrogens with zero attached hydrogens (tertiary/aromatic N) is 1. The number of carbonyl (C=O) groups excluding carboxylic acids is 3. The summed E-state index contributed by atoms with van der Waals surface area (Å²) in [6, 6.07) is 20.9. The van der Waals surface area contributed by atoms with E-state index in [0.717, 1.165) is 12.0 Å². The minimum absolute atomic E-state index is 0.240. The molecule has 3 aromatic carbocycles. The van der Waals surface area contributed by atoms with Gasteiger partial charge in [-0.3, -0.25) is 9.59 Å². The van der Waals surface area contributed by atoms with E-state index in [9.17, 15) is 14.4 Å². The third kappa shape index (κ3) is 8.94. The number of hydrogen-bond acceptors (Lipinski definition) is 7. The second-order valence-electron chi connectivity index (χ2n) is 7.92. The van der Waals surface area contributed by atoms with E-state index in [1.165, 1.54) is 19.4 Å². The maximum absolute atomic E-state index is 12.2. The van der Waals surface area contributed by atoms with Gasteiger partial charge >= 0.3 is 5.97 Å². The molecule has 0 saturated heterocycles. The highest BCUT2D eigenvalue weighted by atomic mass is 16.6. The maximum Gasteiger partial charge on any atom is 0.336 e. The Morgan fingerprint density at radius 1 is 0.921 bits per heavy atom. The second-order valence-corrected chi connectivity index (χ2v) is 7.92. The average Bonchev–Trinajstić information content (AvgIpc) is 2.95. The van der Waals surface area contributed by atoms with Crippen molar-refractivity contribution in [2.75, 3.05) is 20.3 Å². The van der Waals surface area contributed by atoms with Gasteiger partial charge in [0.1, 0.15) is 5.75 Å². The van der Waals surface area contributed by atoms with Crippen LogP contribution in [0.4, 0.5) is 0 Å². The van der Waals surface area contributed by atoms with E-state index in [1.807, 2.05) is 37.3 Å². The molecule has 0 fully saturated rings. The van der Waals surface area contributed by atoms with Crippen LogP contribution in [0.1, 0.15) is 34.8 Å². The van der Waals surface area contributed by atoms with Crippen molar-refractivity contribution in [3.05, 3.63) is 95.6 Å². The predicted molar refractivity (Wildman–Crippen MR) is 144 cm³/mol. The smallest absolute Gasteiger partial charge is 0.336 e. The highest BCUT2D eigenvalue weighted by Gasteiger charge is 2.10. The van der Waals surface area contributed by atoms with Gasteiger partial charge < -0.3 is 19.5 Å². The van der Waals surface area contributed by atoms with Crippen LogP contribution < -0.4 is 25.0 Å². The molecule has 196 valence electrons. The summed E-state index contributed by atoms with van der Waals surface area (Å²) in [5.74, 6) is -0.203. The molecular formula is C29H29N3O6. The summed E-state index contributed by atoms with van der Waals surface area (Å²) in [4.78, 5) is 36.5. The quantitative estimate of drug-likeness (QED) is 0.124. The molecule has 0 aliphatic rings. The zero-order valence-corrected chi connectivity index (χ0v) is 21.2. The van der Waals surface area contributed by atoms with Crippen molar-refractivity contribution >= 4 is 30.1 Å². The van der Waals surface area contributed by atoms with Crippen LogP contribution in [-0.4, -0.2) is 44.3 Å². The SMILES string of the molecule is CCCOc1ccc(C(=O)NCC(=O)N/N=C/c2ccc(OC(=O)/C=C/c3ccccc3)c(OC)c2)cc1. The first kappa shape index (κ1) is 27.7. The lowest BCUT2D eigenvalue weighted by molar-refractivity contribution is -0.129. The molecular weight excluding hydrogens is 486 g/mol. The zero-order valence-electron chi connectivity index (χ0n) is 21.2. The number of methoxy groups -OCH3 is 1. The van der Waals surface area contributed by atoms with Gasteiger partial charge in [0, 0.05) is 11.6 Å². The summed E-state index contributed by atoms with van der Waals surface area (Å²) in [6.45, 7) is 2.36. The summed E-state index contributed by atoms with van der Waals surface area (Å²) in [6.07, 6.45) is 5.27. The first-order valence-electron chi connectivity index (χ1n) is 11.9. The molecule has 0 aliphatic carbocycles. The van der Waals surface area contributed by atoms with Crippen molar-refractivity contribution in [3.63, 3.8) is 0 Å². The highest BCUT2D eigenvalue weighted by molar-refractivity contribution is 5.96. The fourth-order valence-corrected chi connectivity index (χ4v) is 3.12. The van der Waals surface area contributed by atoms with E-state index in [4.69, 9.17) is 14.2 Å². The fraction of sp³-hybridized carbons (Fsp3) is 0.172. The summed E-state index contributed by atoms with van der Waals surface area (Å²) in [5, 5.41) is 6.43. The molecule has 0 saturated carbocycles. The van der Waals surface area contributed by atoms with E-state index in [-0.39, 0.29) is 18.2 Å². The lowest BCUT2D eigenvalue weighted by Crippen LogP contribution is -2.34. The number of amides is 2. The van der Waals surface area contributed by atoms with Crippen LogP contribution >= 0.6 is 0 Å². The van der Waals surface area contributed by atoms with Gasteiger partial charge in [0.25, 0.3) is 11.8 Å². The normalized spacial score (nSPS) is 10.8. The van der Waals surface area contributed by atoms with Crippen LogP contribution in [0, 0.1) is 0 Å². The number of ether oxygens (including phenoxy) is 3. The van der Waals surface area contributed by atoms with Crippen LogP contribution in [0.5, 0.6) is 17.2 Å². The Hall–Kier alpha value is -4.92. The van der Waals surface area contributed by atoms with Crippen molar-refractivity contribution in [2.24, 2.45) is 5.10 Å². The average molecular weight is 516 g/mol. The molecule has 0 aromatic heterocycles. The molecule has 0 unspecified atom stereocenters. The second kappa shape index (κ2) is 14.6. The Morgan fingerprint density at radius 2 is 1.68 bits per heavy atom. The summed E-state index contributed by atoms with van der Waals surface area (Å²) < 4.78 is 16.2. The zero-order chi connectivity index (χ0) is 27.2. The maximum atomic E-state index is 12.2. The van der Waals surface area contributed by atoms with E-state index < -0.39 is 11.9 Å². The van der Waals surface area contributed by atoms with Crippen LogP contribution in [0.2, 0.25) is 0 Å². The van der Waals surface area contributed by atoms with Crippen molar-refractivity contribution < 1.29 is 28.6 Å². The molecule has 38 heavy (non-hydrogen) atoms. The summed E-state index contributed by atoms with van der Waals surface area (Å²) in [5.41, 5.74) is 4.22. The van der Waals surface area contributed by atoms with Crippen molar-refractivity contribution in [1.82, 2.24) is 10.7 Å². The van der Waals surface area contributed by atoms with Gasteiger partial charge in [-0.05, 0) is 66.1 Å². The number of rotatable bonds is 12. The van der Waals surface area contributed by atoms with Crippen LogP contribution in [0.3, 0.4) is 0 Å². The Bertz CT molecular complexity index is 1290. The van der Waals surface area contributed by atoms with Gasteiger partial charge in [0.2, 0.25) is 0 Å². The predicted octanol–water partition coefficient (Wildman–Crippen LogP) is 3.98. The minimum Gasteiger partial charge on any atom is -0.494 e. The third-order valence-corrected chi connectivity index (χ3v) is 5.01. The van der Waals surface area contributed by atoms with Crippen LogP contribution in [0.15, 0.2) is 84.0 Å². The molecule has 3 aromatic rings. The molecule has 2 N–H and O–H groups in total. The van der Waals surface area contributed by atoms with E-state index >= 15 is 0 Å². The van der Waals surface area contributed by atoms with Gasteiger partial charge in [-0.2, -0.15) is 5.10 Å². The number of hydrogen-bond donors (Lipinski definition) is 2. The topological polar surface area (TPSA) is 115 Å². The van der Waals surface area contributed by atoms with Gasteiger partial charge in [-0.15, -0.1) is 0 Å². The number of nitrogens with one attached hydrogen (secondary N) is 2. The van der Waals surface area contributed by atoms with Gasteiger partial charge in [-0.1, -0.05) is 37.3 Å². The number of esters is 1. The molecule has 0 aliphatic heterocycles. The van der Waals surface area contributed by atoms with Crippen molar-refractivity contribution in [2.45, 2.75) is 13.3 Å². The molecule has 2 amide bonds. The molecule has 0 atom stereocenters. The first-order valence-corrected chi connectivity index (χ1v) is 11.9. The number of hydrazone groups is 1. The monoisotopic (exact) mass is 515 g/mol. The largest absolute Gasteiger partial charge is 0.494 e. The Labute approximate surface area is 221 Å². The highest BCUT2D eigenvalue weighted by Crippen LogP contribution is 2.27. The van der Waals surface area contributed by atoms with E-state index in [0.29, 0.717) is 29.2 Å². The minimum atomic E-state index is -0.552. The summed E-state index contributed by atoms with van der Waals surface area (Å²) in [7, 11) is 1.45. The lowest BCUT2D eigenvalue weighted by atomic mass is 10.2. The van der Waals surface area contributed by atoms with Crippen LogP contribution in [0.25, 0.3) is 6.08 Å². The molecule has 0 bridgehead atoms. The molecule has 0 radical (unpaired) electrons. The molecule has 0 spiro atoms. The Balaban J connectivity index is 1.47. The standard InChI is InChI=1S/C29H29N3O6/c1-3-17-37-24-13-11-23(12-14-24)29(35)30-20-27(33)32-31-19-22-9-15-25(26(18-22)36-2)38-28(34)16-10-21-7-5-4-6-8-21/h4-16,18-19H,3,17,20H2,1-2H3,(H,30,35)(H,32,33)/b16-10+,31-19+. The Kier molecular flexibility index (Phi) is 10.6. The number of benzene rings is 3. The van der Waals surface area contributed by atoms with Gasteiger partial charge in [0.05, 0.1) is 26.5 Å². The summed E-state index contributed by atoms with van der Waals surface area (Å²) >= 11 is 0. The molecule has 9 heteroatoms. The molecule has 3 rings (SSSR count). The fourth-order valence-electron chi connectivity index (χ4n) is 3.12. The van der Waals surface area contributed by atoms with Crippen LogP contribution in [-0.2, 0) is 9.59 Å². The molecule has 0 heterocycles. The molecule has 9 nitrogen and oxygen atoms in total. The van der Waals surface area contributed by atoms with E-state index in [2.05, 4.69) is 15.8 Å². The van der Waals surface area contributed by atoms with Gasteiger partial charge in [-0.25, -0.2) is 10.2 Å². The van der Waals surface area contributed by atoms with Gasteiger partial charge in [0.15, 0.2) is 11.5 Å². The van der Waals surface area contributed by atoms with Crippen molar-refractivity contribution in [3.8, 4) is 17.2 Å². The Morgan fingerprint density at radius 3 is 2.39 bits per heavy atom.